The lowest BCUT2D eigenvalue weighted by Crippen LogP contribution is -2.35. The Morgan fingerprint density at radius 2 is 2.06 bits per heavy atom. The van der Waals surface area contributed by atoms with Crippen LogP contribution in [0.5, 0.6) is 0 Å². The smallest absolute Gasteiger partial charge is 0.178 e. The molecular weight excluding hydrogens is 236 g/mol. The van der Waals surface area contributed by atoms with Crippen molar-refractivity contribution in [3.8, 4) is 0 Å². The molecule has 1 aliphatic rings. The van der Waals surface area contributed by atoms with Gasteiger partial charge in [-0.2, -0.15) is 0 Å². The molecule has 1 aromatic carbocycles. The van der Waals surface area contributed by atoms with Crippen molar-refractivity contribution in [1.29, 1.82) is 0 Å². The fraction of sp³-hybridized carbons (Fsp3) is 0.538. The first-order valence-electron chi connectivity index (χ1n) is 6.04. The first-order valence-corrected chi connectivity index (χ1v) is 7.69. The normalized spacial score (nSPS) is 26.5. The van der Waals surface area contributed by atoms with Gasteiger partial charge < -0.3 is 5.11 Å². The zero-order chi connectivity index (χ0) is 12.5. The van der Waals surface area contributed by atoms with E-state index in [2.05, 4.69) is 6.92 Å². The quantitative estimate of drug-likeness (QED) is 0.900. The summed E-state index contributed by atoms with van der Waals surface area (Å²) in [4.78, 5) is 0.310. The van der Waals surface area contributed by atoms with Gasteiger partial charge in [0.15, 0.2) is 9.84 Å². The zero-order valence-corrected chi connectivity index (χ0v) is 10.8. The van der Waals surface area contributed by atoms with Gasteiger partial charge in [-0.05, 0) is 18.9 Å². The van der Waals surface area contributed by atoms with Crippen molar-refractivity contribution in [1.82, 2.24) is 0 Å². The summed E-state index contributed by atoms with van der Waals surface area (Å²) in [5, 5.41) is 10.6. The molecule has 0 spiro atoms. The maximum Gasteiger partial charge on any atom is 0.178 e. The van der Waals surface area contributed by atoms with Crippen molar-refractivity contribution in [3.05, 3.63) is 29.8 Å². The predicted molar refractivity (Wildman–Crippen MR) is 66.5 cm³/mol. The highest BCUT2D eigenvalue weighted by Gasteiger charge is 2.39. The molecule has 1 heterocycles. The molecule has 4 heteroatoms. The van der Waals surface area contributed by atoms with E-state index in [1.165, 1.54) is 0 Å². The highest BCUT2D eigenvalue weighted by Crippen LogP contribution is 2.39. The summed E-state index contributed by atoms with van der Waals surface area (Å²) in [5.74, 6) is 0.0459. The average Bonchev–Trinajstić information content (AvgIpc) is 2.33. The van der Waals surface area contributed by atoms with E-state index in [-0.39, 0.29) is 5.75 Å². The number of hydrogen-bond acceptors (Lipinski definition) is 3. The Morgan fingerprint density at radius 3 is 2.76 bits per heavy atom. The molecule has 0 radical (unpaired) electrons. The number of aliphatic hydroxyl groups is 1. The van der Waals surface area contributed by atoms with E-state index in [9.17, 15) is 13.5 Å². The third-order valence-corrected chi connectivity index (χ3v) is 5.22. The average molecular weight is 254 g/mol. The number of rotatable bonds is 3. The Kier molecular flexibility index (Phi) is 3.27. The Bertz CT molecular complexity index is 507. The molecule has 3 nitrogen and oxygen atoms in total. The van der Waals surface area contributed by atoms with Gasteiger partial charge in [0.1, 0.15) is 0 Å². The zero-order valence-electron chi connectivity index (χ0n) is 10.0. The fourth-order valence-electron chi connectivity index (χ4n) is 2.40. The van der Waals surface area contributed by atoms with Crippen molar-refractivity contribution >= 4 is 9.84 Å². The second kappa shape index (κ2) is 4.42. The van der Waals surface area contributed by atoms with Crippen LogP contribution in [0.1, 0.15) is 38.2 Å². The Hall–Kier alpha value is -0.870. The van der Waals surface area contributed by atoms with Crippen LogP contribution in [0.25, 0.3) is 0 Å². The number of sulfone groups is 1. The summed E-state index contributed by atoms with van der Waals surface area (Å²) < 4.78 is 23.8. The van der Waals surface area contributed by atoms with Gasteiger partial charge in [-0.1, -0.05) is 38.0 Å². The van der Waals surface area contributed by atoms with Crippen molar-refractivity contribution in [3.63, 3.8) is 0 Å². The molecule has 0 aliphatic carbocycles. The van der Waals surface area contributed by atoms with Crippen molar-refractivity contribution in [2.24, 2.45) is 0 Å². The highest BCUT2D eigenvalue weighted by atomic mass is 32.2. The number of hydrogen-bond donors (Lipinski definition) is 1. The third-order valence-electron chi connectivity index (χ3n) is 3.45. The predicted octanol–water partition coefficient (Wildman–Crippen LogP) is 2.24. The van der Waals surface area contributed by atoms with Gasteiger partial charge in [0, 0.05) is 5.56 Å². The van der Waals surface area contributed by atoms with Gasteiger partial charge in [0.05, 0.1) is 16.2 Å². The molecule has 0 amide bonds. The van der Waals surface area contributed by atoms with Gasteiger partial charge in [0.2, 0.25) is 0 Å². The van der Waals surface area contributed by atoms with E-state index in [4.69, 9.17) is 0 Å². The lowest BCUT2D eigenvalue weighted by molar-refractivity contribution is 0.0169. The summed E-state index contributed by atoms with van der Waals surface area (Å²) >= 11 is 0. The summed E-state index contributed by atoms with van der Waals surface area (Å²) in [6.07, 6.45) is 2.85. The van der Waals surface area contributed by atoms with Gasteiger partial charge in [-0.15, -0.1) is 0 Å². The number of benzene rings is 1. The van der Waals surface area contributed by atoms with Crippen molar-refractivity contribution in [2.45, 2.75) is 43.1 Å². The van der Waals surface area contributed by atoms with Gasteiger partial charge in [0.25, 0.3) is 0 Å². The summed E-state index contributed by atoms with van der Waals surface area (Å²) in [6.45, 7) is 2.06. The first-order chi connectivity index (χ1) is 7.99. The molecule has 0 aromatic heterocycles. The van der Waals surface area contributed by atoms with E-state index in [1.54, 1.807) is 24.3 Å². The second-order valence-corrected chi connectivity index (χ2v) is 6.78. The summed E-state index contributed by atoms with van der Waals surface area (Å²) in [5.41, 5.74) is -0.377. The topological polar surface area (TPSA) is 54.4 Å². The molecule has 94 valence electrons. The largest absolute Gasteiger partial charge is 0.385 e. The molecular formula is C13H18O3S. The molecule has 0 bridgehead atoms. The minimum atomic E-state index is -3.20. The molecule has 1 aliphatic heterocycles. The highest BCUT2D eigenvalue weighted by molar-refractivity contribution is 7.91. The van der Waals surface area contributed by atoms with E-state index >= 15 is 0 Å². The van der Waals surface area contributed by atoms with Gasteiger partial charge in [-0.3, -0.25) is 0 Å². The molecule has 0 saturated heterocycles. The minimum Gasteiger partial charge on any atom is -0.385 e. The minimum absolute atomic E-state index is 0.0459. The molecule has 1 aromatic rings. The van der Waals surface area contributed by atoms with Gasteiger partial charge in [-0.25, -0.2) is 8.42 Å². The molecule has 1 unspecified atom stereocenters. The van der Waals surface area contributed by atoms with E-state index in [1.807, 2.05) is 0 Å². The maximum absolute atomic E-state index is 11.9. The van der Waals surface area contributed by atoms with Crippen molar-refractivity contribution < 1.29 is 13.5 Å². The second-order valence-electron chi connectivity index (χ2n) is 4.70. The van der Waals surface area contributed by atoms with Crippen LogP contribution in [-0.4, -0.2) is 19.3 Å². The summed E-state index contributed by atoms with van der Waals surface area (Å²) in [7, 11) is -3.20. The standard InChI is InChI=1S/C13H18O3S/c1-2-3-8-13(14)9-10-17(15,16)12-7-5-4-6-11(12)13/h4-7,14H,2-3,8-10H2,1H3. The third kappa shape index (κ3) is 2.24. The summed E-state index contributed by atoms with van der Waals surface area (Å²) in [6, 6.07) is 6.83. The van der Waals surface area contributed by atoms with Gasteiger partial charge >= 0.3 is 0 Å². The molecule has 17 heavy (non-hydrogen) atoms. The van der Waals surface area contributed by atoms with Crippen LogP contribution in [0, 0.1) is 0 Å². The Labute approximate surface area is 102 Å². The molecule has 2 rings (SSSR count). The molecule has 0 saturated carbocycles. The molecule has 1 N–H and O–H groups in total. The van der Waals surface area contributed by atoms with Crippen LogP contribution in [0.2, 0.25) is 0 Å². The maximum atomic E-state index is 11.9. The van der Waals surface area contributed by atoms with Crippen LogP contribution in [-0.2, 0) is 15.4 Å². The van der Waals surface area contributed by atoms with E-state index < -0.39 is 15.4 Å². The van der Waals surface area contributed by atoms with E-state index in [0.29, 0.717) is 23.3 Å². The monoisotopic (exact) mass is 254 g/mol. The first kappa shape index (κ1) is 12.6. The van der Waals surface area contributed by atoms with Crippen LogP contribution < -0.4 is 0 Å². The van der Waals surface area contributed by atoms with Crippen molar-refractivity contribution in [2.75, 3.05) is 5.75 Å². The lowest BCUT2D eigenvalue weighted by atomic mass is 9.86. The SMILES string of the molecule is CCCCC1(O)CCS(=O)(=O)c2ccccc21. The Balaban J connectivity index is 2.48. The lowest BCUT2D eigenvalue weighted by Gasteiger charge is -2.34. The van der Waals surface area contributed by atoms with Crippen LogP contribution in [0.3, 0.4) is 0 Å². The number of unbranched alkanes of at least 4 members (excludes halogenated alkanes) is 1. The van der Waals surface area contributed by atoms with E-state index in [0.717, 1.165) is 12.8 Å². The molecule has 1 atom stereocenters. The number of fused-ring (bicyclic) bond motifs is 1. The van der Waals surface area contributed by atoms with Crippen LogP contribution in [0.4, 0.5) is 0 Å². The molecule has 0 fully saturated rings. The fourth-order valence-corrected chi connectivity index (χ4v) is 4.10. The Morgan fingerprint density at radius 1 is 1.35 bits per heavy atom. The van der Waals surface area contributed by atoms with Crippen LogP contribution >= 0.6 is 0 Å². The van der Waals surface area contributed by atoms with Crippen LogP contribution in [0.15, 0.2) is 29.2 Å².